The number of carbonyl (C=O) groups is 1. The third-order valence-electron chi connectivity index (χ3n) is 4.11. The van der Waals surface area contributed by atoms with Gasteiger partial charge in [0.15, 0.2) is 0 Å². The van der Waals surface area contributed by atoms with Crippen LogP contribution in [0.1, 0.15) is 43.2 Å². The second-order valence-corrected chi connectivity index (χ2v) is 5.84. The summed E-state index contributed by atoms with van der Waals surface area (Å²) in [6, 6.07) is 3.74. The van der Waals surface area contributed by atoms with Crippen LogP contribution in [-0.4, -0.2) is 28.6 Å². The van der Waals surface area contributed by atoms with E-state index in [4.69, 9.17) is 0 Å². The van der Waals surface area contributed by atoms with Crippen molar-refractivity contribution in [2.75, 3.05) is 11.4 Å². The molecule has 1 aliphatic rings. The quantitative estimate of drug-likeness (QED) is 0.890. The molecule has 2 heterocycles. The first-order chi connectivity index (χ1) is 8.90. The molecule has 2 rings (SSSR count). The zero-order chi connectivity index (χ0) is 14.2. The highest BCUT2D eigenvalue weighted by atomic mass is 16.4. The van der Waals surface area contributed by atoms with Crippen LogP contribution < -0.4 is 4.90 Å². The molecule has 0 spiro atoms. The van der Waals surface area contributed by atoms with E-state index in [1.165, 1.54) is 6.42 Å². The van der Waals surface area contributed by atoms with Gasteiger partial charge in [0.2, 0.25) is 0 Å². The molecule has 4 nitrogen and oxygen atoms in total. The monoisotopic (exact) mass is 262 g/mol. The van der Waals surface area contributed by atoms with E-state index in [2.05, 4.69) is 30.7 Å². The van der Waals surface area contributed by atoms with Crippen LogP contribution in [0.5, 0.6) is 0 Å². The highest BCUT2D eigenvalue weighted by Gasteiger charge is 2.31. The van der Waals surface area contributed by atoms with Gasteiger partial charge in [0.05, 0.1) is 0 Å². The number of hydrogen-bond acceptors (Lipinski definition) is 3. The molecule has 1 fully saturated rings. The topological polar surface area (TPSA) is 53.4 Å². The number of carboxylic acids is 1. The second-order valence-electron chi connectivity index (χ2n) is 5.84. The van der Waals surface area contributed by atoms with E-state index in [0.29, 0.717) is 29.3 Å². The number of aryl methyl sites for hydroxylation is 1. The normalized spacial score (nSPS) is 27.4. The first-order valence-corrected chi connectivity index (χ1v) is 6.87. The fourth-order valence-electron chi connectivity index (χ4n) is 2.92. The van der Waals surface area contributed by atoms with Crippen molar-refractivity contribution < 1.29 is 9.90 Å². The molecule has 0 radical (unpaired) electrons. The number of aromatic carboxylic acids is 1. The Balaban J connectivity index is 2.44. The molecule has 1 saturated heterocycles. The molecule has 19 heavy (non-hydrogen) atoms. The molecule has 1 N–H and O–H groups in total. The van der Waals surface area contributed by atoms with Crippen LogP contribution >= 0.6 is 0 Å². The largest absolute Gasteiger partial charge is 0.478 e. The average Bonchev–Trinajstić information content (AvgIpc) is 2.33. The number of anilines is 1. The molecule has 104 valence electrons. The minimum absolute atomic E-state index is 0.304. The van der Waals surface area contributed by atoms with Crippen LogP contribution in [0, 0.1) is 18.8 Å². The van der Waals surface area contributed by atoms with Crippen LogP contribution in [0.4, 0.5) is 5.82 Å². The van der Waals surface area contributed by atoms with Gasteiger partial charge in [0.1, 0.15) is 11.4 Å². The van der Waals surface area contributed by atoms with Crippen LogP contribution in [0.3, 0.4) is 0 Å². The Hall–Kier alpha value is -1.58. The van der Waals surface area contributed by atoms with Gasteiger partial charge in [-0.1, -0.05) is 13.8 Å². The Labute approximate surface area is 114 Å². The summed E-state index contributed by atoms with van der Waals surface area (Å²) >= 11 is 0. The van der Waals surface area contributed by atoms with E-state index in [9.17, 15) is 9.90 Å². The first-order valence-electron chi connectivity index (χ1n) is 6.87. The lowest BCUT2D eigenvalue weighted by Gasteiger charge is -2.42. The van der Waals surface area contributed by atoms with Gasteiger partial charge >= 0.3 is 5.97 Å². The fraction of sp³-hybridized carbons (Fsp3) is 0.600. The van der Waals surface area contributed by atoms with Gasteiger partial charge < -0.3 is 10.0 Å². The minimum Gasteiger partial charge on any atom is -0.478 e. The van der Waals surface area contributed by atoms with Crippen molar-refractivity contribution in [2.45, 2.75) is 40.2 Å². The molecule has 0 aliphatic carbocycles. The van der Waals surface area contributed by atoms with Crippen molar-refractivity contribution in [3.63, 3.8) is 0 Å². The molecule has 0 bridgehead atoms. The lowest BCUT2D eigenvalue weighted by molar-refractivity contribution is 0.0696. The van der Waals surface area contributed by atoms with Crippen molar-refractivity contribution in [3.8, 4) is 0 Å². The van der Waals surface area contributed by atoms with E-state index in [-0.39, 0.29) is 0 Å². The van der Waals surface area contributed by atoms with Crippen LogP contribution in [0.25, 0.3) is 0 Å². The number of carboxylic acid groups (broad SMARTS) is 1. The number of piperidine rings is 1. The zero-order valence-electron chi connectivity index (χ0n) is 12.1. The Bertz CT molecular complexity index is 487. The van der Waals surface area contributed by atoms with Gasteiger partial charge in [-0.3, -0.25) is 0 Å². The maximum atomic E-state index is 11.4. The third kappa shape index (κ3) is 2.72. The summed E-state index contributed by atoms with van der Waals surface area (Å²) in [5.74, 6) is 0.835. The zero-order valence-corrected chi connectivity index (χ0v) is 12.1. The van der Waals surface area contributed by atoms with Crippen molar-refractivity contribution in [3.05, 3.63) is 23.4 Å². The second kappa shape index (κ2) is 5.19. The molecule has 1 aliphatic heterocycles. The SMILES string of the molecule is Cc1ccc(C(=O)O)c(N2CC(C)CC(C)C2C)n1. The Morgan fingerprint density at radius 2 is 2.05 bits per heavy atom. The lowest BCUT2D eigenvalue weighted by Crippen LogP contribution is -2.46. The standard InChI is InChI=1S/C15H22N2O2/c1-9-7-10(2)12(4)17(8-9)14-13(15(18)19)6-5-11(3)16-14/h5-6,9-10,12H,7-8H2,1-4H3,(H,18,19). The number of rotatable bonds is 2. The Morgan fingerprint density at radius 3 is 2.68 bits per heavy atom. The van der Waals surface area contributed by atoms with Gasteiger partial charge in [0.25, 0.3) is 0 Å². The predicted octanol–water partition coefficient (Wildman–Crippen LogP) is 2.96. The summed E-state index contributed by atoms with van der Waals surface area (Å²) in [6.45, 7) is 9.38. The molecule has 1 aromatic rings. The Kier molecular flexibility index (Phi) is 3.78. The molecule has 1 aromatic heterocycles. The molecular formula is C15H22N2O2. The van der Waals surface area contributed by atoms with Crippen molar-refractivity contribution in [1.29, 1.82) is 0 Å². The van der Waals surface area contributed by atoms with E-state index in [1.807, 2.05) is 6.92 Å². The third-order valence-corrected chi connectivity index (χ3v) is 4.11. The molecule has 3 atom stereocenters. The average molecular weight is 262 g/mol. The van der Waals surface area contributed by atoms with Crippen LogP contribution in [0.2, 0.25) is 0 Å². The maximum absolute atomic E-state index is 11.4. The highest BCUT2D eigenvalue weighted by Crippen LogP contribution is 2.32. The molecule has 0 amide bonds. The summed E-state index contributed by atoms with van der Waals surface area (Å²) in [4.78, 5) is 18.0. The summed E-state index contributed by atoms with van der Waals surface area (Å²) in [7, 11) is 0. The highest BCUT2D eigenvalue weighted by molar-refractivity contribution is 5.93. The van der Waals surface area contributed by atoms with Gasteiger partial charge in [-0.2, -0.15) is 0 Å². The van der Waals surface area contributed by atoms with Gasteiger partial charge in [0, 0.05) is 18.3 Å². The van der Waals surface area contributed by atoms with Crippen LogP contribution in [-0.2, 0) is 0 Å². The number of pyridine rings is 1. The van der Waals surface area contributed by atoms with Crippen molar-refractivity contribution >= 4 is 11.8 Å². The molecule has 4 heteroatoms. The first kappa shape index (κ1) is 13.8. The van der Waals surface area contributed by atoms with Crippen molar-refractivity contribution in [2.24, 2.45) is 11.8 Å². The smallest absolute Gasteiger partial charge is 0.339 e. The maximum Gasteiger partial charge on any atom is 0.339 e. The van der Waals surface area contributed by atoms with Gasteiger partial charge in [-0.25, -0.2) is 9.78 Å². The van der Waals surface area contributed by atoms with E-state index in [1.54, 1.807) is 12.1 Å². The molecule has 3 unspecified atom stereocenters. The van der Waals surface area contributed by atoms with Gasteiger partial charge in [-0.05, 0) is 44.2 Å². The van der Waals surface area contributed by atoms with E-state index in [0.717, 1.165) is 12.2 Å². The lowest BCUT2D eigenvalue weighted by atomic mass is 9.86. The summed E-state index contributed by atoms with van der Waals surface area (Å²) in [5, 5.41) is 9.34. The van der Waals surface area contributed by atoms with Crippen molar-refractivity contribution in [1.82, 2.24) is 4.98 Å². The summed E-state index contributed by atoms with van der Waals surface area (Å²) < 4.78 is 0. The fourth-order valence-corrected chi connectivity index (χ4v) is 2.92. The number of hydrogen-bond donors (Lipinski definition) is 1. The number of nitrogens with zero attached hydrogens (tertiary/aromatic N) is 2. The molecule has 0 saturated carbocycles. The predicted molar refractivity (Wildman–Crippen MR) is 75.7 cm³/mol. The van der Waals surface area contributed by atoms with Gasteiger partial charge in [-0.15, -0.1) is 0 Å². The Morgan fingerprint density at radius 1 is 1.37 bits per heavy atom. The minimum atomic E-state index is -0.902. The summed E-state index contributed by atoms with van der Waals surface area (Å²) in [5.41, 5.74) is 1.16. The van der Waals surface area contributed by atoms with E-state index >= 15 is 0 Å². The van der Waals surface area contributed by atoms with Crippen LogP contribution in [0.15, 0.2) is 12.1 Å². The number of aromatic nitrogens is 1. The molecule has 0 aromatic carbocycles. The van der Waals surface area contributed by atoms with E-state index < -0.39 is 5.97 Å². The molecular weight excluding hydrogens is 240 g/mol. The summed E-state index contributed by atoms with van der Waals surface area (Å²) in [6.07, 6.45) is 1.19.